The van der Waals surface area contributed by atoms with Crippen molar-refractivity contribution in [1.82, 2.24) is 0 Å². The largest absolute Gasteiger partial charge is 0.321 e. The summed E-state index contributed by atoms with van der Waals surface area (Å²) in [6.45, 7) is 0. The van der Waals surface area contributed by atoms with Crippen LogP contribution in [0, 0.1) is 0 Å². The summed E-state index contributed by atoms with van der Waals surface area (Å²) in [6, 6.07) is 24.5. The van der Waals surface area contributed by atoms with Crippen molar-refractivity contribution in [3.05, 3.63) is 106 Å². The first-order valence-corrected chi connectivity index (χ1v) is 9.92. The molecule has 30 heavy (non-hydrogen) atoms. The van der Waals surface area contributed by atoms with Crippen LogP contribution in [0.4, 0.5) is 11.4 Å². The van der Waals surface area contributed by atoms with E-state index in [0.717, 1.165) is 10.8 Å². The number of benzene rings is 4. The van der Waals surface area contributed by atoms with Gasteiger partial charge in [-0.05, 0) is 48.5 Å². The predicted molar refractivity (Wildman–Crippen MR) is 123 cm³/mol. The molecule has 0 aliphatic carbocycles. The zero-order valence-electron chi connectivity index (χ0n) is 15.7. The molecule has 6 heteroatoms. The molecule has 0 aliphatic heterocycles. The Bertz CT molecular complexity index is 1170. The average molecular weight is 435 g/mol. The summed E-state index contributed by atoms with van der Waals surface area (Å²) in [5.74, 6) is -0.531. The van der Waals surface area contributed by atoms with Gasteiger partial charge in [0.15, 0.2) is 0 Å². The molecule has 0 radical (unpaired) electrons. The molecule has 4 aromatic rings. The van der Waals surface area contributed by atoms with E-state index in [1.54, 1.807) is 48.5 Å². The molecule has 0 aromatic heterocycles. The molecule has 0 unspecified atom stereocenters. The summed E-state index contributed by atoms with van der Waals surface area (Å²) >= 11 is 12.0. The Hall–Kier alpha value is -3.34. The van der Waals surface area contributed by atoms with Gasteiger partial charge in [-0.2, -0.15) is 0 Å². The molecule has 148 valence electrons. The normalized spacial score (nSPS) is 10.6. The van der Waals surface area contributed by atoms with Crippen LogP contribution in [0.25, 0.3) is 10.8 Å². The Morgan fingerprint density at radius 1 is 0.567 bits per heavy atom. The van der Waals surface area contributed by atoms with Crippen LogP contribution in [0.5, 0.6) is 0 Å². The molecule has 0 bridgehead atoms. The van der Waals surface area contributed by atoms with E-state index in [1.807, 2.05) is 36.4 Å². The number of amides is 2. The van der Waals surface area contributed by atoms with E-state index in [4.69, 9.17) is 23.2 Å². The molecular weight excluding hydrogens is 419 g/mol. The number of nitrogens with one attached hydrogen (secondary N) is 2. The molecule has 4 rings (SSSR count). The highest BCUT2D eigenvalue weighted by atomic mass is 35.5. The lowest BCUT2D eigenvalue weighted by molar-refractivity contribution is 0.101. The number of rotatable bonds is 4. The van der Waals surface area contributed by atoms with Gasteiger partial charge in [0.25, 0.3) is 11.8 Å². The lowest BCUT2D eigenvalue weighted by Crippen LogP contribution is -2.13. The fourth-order valence-corrected chi connectivity index (χ4v) is 3.56. The van der Waals surface area contributed by atoms with E-state index < -0.39 is 0 Å². The van der Waals surface area contributed by atoms with E-state index in [2.05, 4.69) is 10.6 Å². The number of carbonyl (C=O) groups is 2. The smallest absolute Gasteiger partial charge is 0.255 e. The highest BCUT2D eigenvalue weighted by molar-refractivity contribution is 6.31. The monoisotopic (exact) mass is 434 g/mol. The standard InChI is InChI=1S/C24H16Cl2N2O2/c25-17-7-1-5-15(13-17)23(29)27-21-11-3-10-20-19(21)9-4-12-22(20)28-24(30)16-6-2-8-18(26)14-16/h1-14H,(H,27,29)(H,28,30). The van der Waals surface area contributed by atoms with Crippen molar-refractivity contribution >= 4 is 57.2 Å². The van der Waals surface area contributed by atoms with Crippen LogP contribution in [0.2, 0.25) is 10.0 Å². The van der Waals surface area contributed by atoms with Gasteiger partial charge in [-0.1, -0.05) is 59.6 Å². The van der Waals surface area contributed by atoms with Crippen LogP contribution < -0.4 is 10.6 Å². The predicted octanol–water partition coefficient (Wildman–Crippen LogP) is 6.65. The fourth-order valence-electron chi connectivity index (χ4n) is 3.18. The summed E-state index contributed by atoms with van der Waals surface area (Å²) in [5.41, 5.74) is 2.20. The summed E-state index contributed by atoms with van der Waals surface area (Å²) in [4.78, 5) is 25.3. The summed E-state index contributed by atoms with van der Waals surface area (Å²) in [5, 5.41) is 8.43. The quantitative estimate of drug-likeness (QED) is 0.377. The Balaban J connectivity index is 1.64. The van der Waals surface area contributed by atoms with Crippen molar-refractivity contribution in [2.75, 3.05) is 10.6 Å². The molecule has 0 aliphatic rings. The minimum atomic E-state index is -0.265. The summed E-state index contributed by atoms with van der Waals surface area (Å²) < 4.78 is 0. The Labute approximate surface area is 183 Å². The van der Waals surface area contributed by atoms with Gasteiger partial charge in [-0.15, -0.1) is 0 Å². The van der Waals surface area contributed by atoms with Gasteiger partial charge in [0.05, 0.1) is 0 Å². The van der Waals surface area contributed by atoms with E-state index in [1.165, 1.54) is 0 Å². The first-order chi connectivity index (χ1) is 14.5. The Morgan fingerprint density at radius 2 is 0.967 bits per heavy atom. The minimum Gasteiger partial charge on any atom is -0.321 e. The Morgan fingerprint density at radius 3 is 1.37 bits per heavy atom. The molecule has 0 atom stereocenters. The fraction of sp³-hybridized carbons (Fsp3) is 0. The highest BCUT2D eigenvalue weighted by Gasteiger charge is 2.12. The lowest BCUT2D eigenvalue weighted by Gasteiger charge is -2.13. The maximum Gasteiger partial charge on any atom is 0.255 e. The SMILES string of the molecule is O=C(Nc1cccc2c(NC(=O)c3cccc(Cl)c3)cccc12)c1cccc(Cl)c1. The molecular formula is C24H16Cl2N2O2. The third-order valence-electron chi connectivity index (χ3n) is 4.59. The van der Waals surface area contributed by atoms with E-state index in [0.29, 0.717) is 32.5 Å². The molecule has 0 fully saturated rings. The third-order valence-corrected chi connectivity index (χ3v) is 5.06. The van der Waals surface area contributed by atoms with E-state index in [9.17, 15) is 9.59 Å². The third kappa shape index (κ3) is 4.30. The summed E-state index contributed by atoms with van der Waals surface area (Å²) in [7, 11) is 0. The molecule has 2 amide bonds. The van der Waals surface area contributed by atoms with Crippen LogP contribution >= 0.6 is 23.2 Å². The molecule has 2 N–H and O–H groups in total. The maximum atomic E-state index is 12.6. The second-order valence-electron chi connectivity index (χ2n) is 6.64. The van der Waals surface area contributed by atoms with Crippen LogP contribution in [0.15, 0.2) is 84.9 Å². The number of carbonyl (C=O) groups excluding carboxylic acids is 2. The first-order valence-electron chi connectivity index (χ1n) is 9.17. The van der Waals surface area contributed by atoms with Crippen LogP contribution in [0.1, 0.15) is 20.7 Å². The molecule has 4 nitrogen and oxygen atoms in total. The van der Waals surface area contributed by atoms with Crippen molar-refractivity contribution in [1.29, 1.82) is 0 Å². The molecule has 0 saturated heterocycles. The second-order valence-corrected chi connectivity index (χ2v) is 7.51. The van der Waals surface area contributed by atoms with Crippen LogP contribution in [-0.4, -0.2) is 11.8 Å². The van der Waals surface area contributed by atoms with Crippen molar-refractivity contribution in [3.8, 4) is 0 Å². The Kier molecular flexibility index (Phi) is 5.70. The van der Waals surface area contributed by atoms with Gasteiger partial charge in [-0.3, -0.25) is 9.59 Å². The van der Waals surface area contributed by atoms with Gasteiger partial charge in [0, 0.05) is 43.3 Å². The van der Waals surface area contributed by atoms with Crippen molar-refractivity contribution in [2.24, 2.45) is 0 Å². The van der Waals surface area contributed by atoms with Crippen LogP contribution in [0.3, 0.4) is 0 Å². The number of halogens is 2. The number of hydrogen-bond acceptors (Lipinski definition) is 2. The molecule has 0 heterocycles. The van der Waals surface area contributed by atoms with Crippen LogP contribution in [-0.2, 0) is 0 Å². The van der Waals surface area contributed by atoms with Crippen molar-refractivity contribution in [2.45, 2.75) is 0 Å². The number of anilines is 2. The second kappa shape index (κ2) is 8.57. The zero-order valence-corrected chi connectivity index (χ0v) is 17.2. The van der Waals surface area contributed by atoms with Crippen molar-refractivity contribution in [3.63, 3.8) is 0 Å². The van der Waals surface area contributed by atoms with Gasteiger partial charge in [0.2, 0.25) is 0 Å². The topological polar surface area (TPSA) is 58.2 Å². The average Bonchev–Trinajstić information content (AvgIpc) is 2.74. The summed E-state index contributed by atoms with van der Waals surface area (Å²) in [6.07, 6.45) is 0. The highest BCUT2D eigenvalue weighted by Crippen LogP contribution is 2.30. The van der Waals surface area contributed by atoms with Gasteiger partial charge in [-0.25, -0.2) is 0 Å². The van der Waals surface area contributed by atoms with E-state index >= 15 is 0 Å². The van der Waals surface area contributed by atoms with Gasteiger partial charge in [0.1, 0.15) is 0 Å². The number of fused-ring (bicyclic) bond motifs is 1. The van der Waals surface area contributed by atoms with Crippen molar-refractivity contribution < 1.29 is 9.59 Å². The van der Waals surface area contributed by atoms with Gasteiger partial charge < -0.3 is 10.6 Å². The van der Waals surface area contributed by atoms with E-state index in [-0.39, 0.29) is 11.8 Å². The number of hydrogen-bond donors (Lipinski definition) is 2. The molecule has 0 spiro atoms. The first kappa shape index (κ1) is 20.0. The minimum absolute atomic E-state index is 0.265. The molecule has 0 saturated carbocycles. The maximum absolute atomic E-state index is 12.6. The molecule has 4 aromatic carbocycles. The zero-order chi connectivity index (χ0) is 21.1. The van der Waals surface area contributed by atoms with Gasteiger partial charge >= 0.3 is 0 Å². The lowest BCUT2D eigenvalue weighted by atomic mass is 10.1.